The van der Waals surface area contributed by atoms with Crippen LogP contribution in [0, 0.1) is 3.57 Å². The van der Waals surface area contributed by atoms with Crippen molar-refractivity contribution in [2.24, 2.45) is 5.73 Å². The summed E-state index contributed by atoms with van der Waals surface area (Å²) in [6.07, 6.45) is -4.02. The van der Waals surface area contributed by atoms with Gasteiger partial charge in [-0.1, -0.05) is 0 Å². The molecule has 0 fully saturated rings. The predicted octanol–water partition coefficient (Wildman–Crippen LogP) is 2.21. The minimum atomic E-state index is -4.38. The van der Waals surface area contributed by atoms with E-state index in [2.05, 4.69) is 4.98 Å². The molecule has 1 heterocycles. The van der Waals surface area contributed by atoms with Crippen molar-refractivity contribution >= 4 is 22.6 Å². The lowest BCUT2D eigenvalue weighted by atomic mass is 10.2. The molecule has 0 atom stereocenters. The Morgan fingerprint density at radius 1 is 1.36 bits per heavy atom. The molecule has 14 heavy (non-hydrogen) atoms. The van der Waals surface area contributed by atoms with E-state index in [1.807, 2.05) is 22.6 Å². The number of aromatic nitrogens is 1. The van der Waals surface area contributed by atoms with E-state index in [9.17, 15) is 13.2 Å². The normalized spacial score (nSPS) is 11.8. The van der Waals surface area contributed by atoms with Gasteiger partial charge in [0.25, 0.3) is 0 Å². The summed E-state index contributed by atoms with van der Waals surface area (Å²) < 4.78 is 37.4. The van der Waals surface area contributed by atoms with Crippen LogP contribution in [0.5, 0.6) is 0 Å². The van der Waals surface area contributed by atoms with Crippen molar-refractivity contribution < 1.29 is 13.2 Å². The van der Waals surface area contributed by atoms with Crippen molar-refractivity contribution in [3.8, 4) is 0 Å². The van der Waals surface area contributed by atoms with Crippen LogP contribution in [0.4, 0.5) is 13.2 Å². The maximum atomic E-state index is 12.3. The van der Waals surface area contributed by atoms with Crippen LogP contribution >= 0.6 is 22.6 Å². The van der Waals surface area contributed by atoms with Crippen molar-refractivity contribution in [1.29, 1.82) is 0 Å². The summed E-state index contributed by atoms with van der Waals surface area (Å²) >= 11 is 1.83. The fourth-order valence-electron chi connectivity index (χ4n) is 0.972. The van der Waals surface area contributed by atoms with Gasteiger partial charge in [0.1, 0.15) is 5.69 Å². The average Bonchev–Trinajstić information content (AvgIpc) is 2.02. The van der Waals surface area contributed by atoms with Crippen LogP contribution in [0.3, 0.4) is 0 Å². The Hall–Kier alpha value is -0.370. The summed E-state index contributed by atoms with van der Waals surface area (Å²) in [5.74, 6) is 0. The molecule has 78 valence electrons. The Balaban J connectivity index is 3.07. The summed E-state index contributed by atoms with van der Waals surface area (Å²) in [5, 5.41) is 0. The smallest absolute Gasteiger partial charge is 0.330 e. The first-order valence-corrected chi connectivity index (χ1v) is 4.95. The molecule has 0 aliphatic rings. The van der Waals surface area contributed by atoms with Crippen molar-refractivity contribution in [2.45, 2.75) is 12.6 Å². The molecule has 0 aromatic carbocycles. The first-order valence-electron chi connectivity index (χ1n) is 3.87. The van der Waals surface area contributed by atoms with Gasteiger partial charge in [0.2, 0.25) is 0 Å². The van der Waals surface area contributed by atoms with Crippen molar-refractivity contribution in [3.63, 3.8) is 0 Å². The molecule has 0 aliphatic carbocycles. The highest BCUT2D eigenvalue weighted by Crippen LogP contribution is 2.28. The van der Waals surface area contributed by atoms with Gasteiger partial charge in [-0.15, -0.1) is 0 Å². The molecule has 2 N–H and O–H groups in total. The van der Waals surface area contributed by atoms with Crippen LogP contribution < -0.4 is 5.73 Å². The van der Waals surface area contributed by atoms with Gasteiger partial charge >= 0.3 is 6.18 Å². The Kier molecular flexibility index (Phi) is 3.71. The Morgan fingerprint density at radius 3 is 2.50 bits per heavy atom. The van der Waals surface area contributed by atoms with Crippen LogP contribution in [0.15, 0.2) is 12.1 Å². The van der Waals surface area contributed by atoms with E-state index >= 15 is 0 Å². The number of halogens is 4. The molecule has 0 radical (unpaired) electrons. The van der Waals surface area contributed by atoms with Crippen molar-refractivity contribution in [3.05, 3.63) is 27.1 Å². The molecule has 1 aromatic rings. The summed E-state index contributed by atoms with van der Waals surface area (Å²) in [6, 6.07) is 2.61. The van der Waals surface area contributed by atoms with Gasteiger partial charge in [-0.25, -0.2) is 4.98 Å². The molecule has 0 amide bonds. The van der Waals surface area contributed by atoms with Crippen molar-refractivity contribution in [1.82, 2.24) is 4.98 Å². The highest BCUT2D eigenvalue weighted by atomic mass is 127. The molecular formula is C8H8F3IN2. The SMILES string of the molecule is NCCc1cc(I)cc(C(F)(F)F)n1. The van der Waals surface area contributed by atoms with E-state index in [0.717, 1.165) is 6.07 Å². The monoisotopic (exact) mass is 316 g/mol. The number of rotatable bonds is 2. The maximum absolute atomic E-state index is 12.3. The Bertz CT molecular complexity index is 325. The number of nitrogens with two attached hydrogens (primary N) is 1. The third-order valence-corrected chi connectivity index (χ3v) is 2.16. The number of alkyl halides is 3. The zero-order valence-electron chi connectivity index (χ0n) is 7.11. The molecule has 0 aliphatic heterocycles. The van der Waals surface area contributed by atoms with Crippen LogP contribution in [0.2, 0.25) is 0 Å². The molecule has 0 saturated heterocycles. The molecule has 0 unspecified atom stereocenters. The van der Waals surface area contributed by atoms with Crippen LogP contribution in [0.1, 0.15) is 11.4 Å². The second kappa shape index (κ2) is 4.43. The minimum Gasteiger partial charge on any atom is -0.330 e. The molecule has 0 bridgehead atoms. The molecule has 0 spiro atoms. The maximum Gasteiger partial charge on any atom is 0.433 e. The predicted molar refractivity (Wildman–Crippen MR) is 54.7 cm³/mol. The van der Waals surface area contributed by atoms with Crippen LogP contribution in [-0.4, -0.2) is 11.5 Å². The minimum absolute atomic E-state index is 0.296. The fourth-order valence-corrected chi connectivity index (χ4v) is 1.63. The molecule has 0 saturated carbocycles. The molecular weight excluding hydrogens is 308 g/mol. The number of nitrogens with zero attached hydrogens (tertiary/aromatic N) is 1. The number of pyridine rings is 1. The summed E-state index contributed by atoms with van der Waals surface area (Å²) in [6.45, 7) is 0.296. The van der Waals surface area contributed by atoms with Gasteiger partial charge in [0.15, 0.2) is 0 Å². The molecule has 6 heteroatoms. The van der Waals surface area contributed by atoms with E-state index in [4.69, 9.17) is 5.73 Å². The van der Waals surface area contributed by atoms with E-state index in [0.29, 0.717) is 22.2 Å². The first-order chi connectivity index (χ1) is 6.43. The van der Waals surface area contributed by atoms with Gasteiger partial charge in [0, 0.05) is 15.7 Å². The summed E-state index contributed by atoms with van der Waals surface area (Å²) in [7, 11) is 0. The molecule has 2 nitrogen and oxygen atoms in total. The first kappa shape index (κ1) is 11.7. The average molecular weight is 316 g/mol. The highest BCUT2D eigenvalue weighted by Gasteiger charge is 2.32. The Morgan fingerprint density at radius 2 is 2.00 bits per heavy atom. The topological polar surface area (TPSA) is 38.9 Å². The summed E-state index contributed by atoms with van der Waals surface area (Å²) in [4.78, 5) is 3.48. The highest BCUT2D eigenvalue weighted by molar-refractivity contribution is 14.1. The van der Waals surface area contributed by atoms with Crippen molar-refractivity contribution in [2.75, 3.05) is 6.54 Å². The standard InChI is InChI=1S/C8H8F3IN2/c9-8(10,11)7-4-5(12)3-6(14-7)1-2-13/h3-4H,1-2,13H2. The lowest BCUT2D eigenvalue weighted by molar-refractivity contribution is -0.141. The van der Waals surface area contributed by atoms with E-state index in [1.54, 1.807) is 6.07 Å². The second-order valence-corrected chi connectivity index (χ2v) is 3.94. The van der Waals surface area contributed by atoms with Crippen LogP contribution in [0.25, 0.3) is 0 Å². The van der Waals surface area contributed by atoms with Gasteiger partial charge < -0.3 is 5.73 Å². The van der Waals surface area contributed by atoms with Gasteiger partial charge in [-0.05, 0) is 41.3 Å². The zero-order valence-corrected chi connectivity index (χ0v) is 9.26. The molecule has 1 aromatic heterocycles. The lowest BCUT2D eigenvalue weighted by Crippen LogP contribution is -2.12. The number of hydrogen-bond donors (Lipinski definition) is 1. The van der Waals surface area contributed by atoms with Gasteiger partial charge in [-0.3, -0.25) is 0 Å². The molecule has 1 rings (SSSR count). The number of hydrogen-bond acceptors (Lipinski definition) is 2. The second-order valence-electron chi connectivity index (χ2n) is 2.70. The lowest BCUT2D eigenvalue weighted by Gasteiger charge is -2.08. The van der Waals surface area contributed by atoms with Crippen LogP contribution in [-0.2, 0) is 12.6 Å². The van der Waals surface area contributed by atoms with Gasteiger partial charge in [0.05, 0.1) is 0 Å². The third-order valence-electron chi connectivity index (χ3n) is 1.53. The fraction of sp³-hybridized carbons (Fsp3) is 0.375. The van der Waals surface area contributed by atoms with E-state index in [-0.39, 0.29) is 0 Å². The van der Waals surface area contributed by atoms with E-state index in [1.165, 1.54) is 0 Å². The van der Waals surface area contributed by atoms with Gasteiger partial charge in [-0.2, -0.15) is 13.2 Å². The van der Waals surface area contributed by atoms with E-state index < -0.39 is 11.9 Å². The largest absolute Gasteiger partial charge is 0.433 e. The Labute approximate surface area is 92.8 Å². The summed E-state index contributed by atoms with van der Waals surface area (Å²) in [5.41, 5.74) is 4.77. The quantitative estimate of drug-likeness (QED) is 0.850. The zero-order chi connectivity index (χ0) is 10.8. The third kappa shape index (κ3) is 3.09.